The van der Waals surface area contributed by atoms with E-state index < -0.39 is 0 Å². The Morgan fingerprint density at radius 1 is 1.24 bits per heavy atom. The Morgan fingerprint density at radius 3 is 3.05 bits per heavy atom. The highest BCUT2D eigenvalue weighted by molar-refractivity contribution is 5.87. The van der Waals surface area contributed by atoms with Crippen LogP contribution in [0.4, 0.5) is 5.69 Å². The van der Waals surface area contributed by atoms with Crippen LogP contribution in [0.2, 0.25) is 0 Å². The van der Waals surface area contributed by atoms with Gasteiger partial charge >= 0.3 is 0 Å². The first-order valence-electron chi connectivity index (χ1n) is 8.18. The fraction of sp³-hybridized carbons (Fsp3) is 0.588. The third kappa shape index (κ3) is 2.53. The van der Waals surface area contributed by atoms with Gasteiger partial charge in [-0.2, -0.15) is 0 Å². The molecule has 2 fully saturated rings. The molecule has 0 bridgehead atoms. The molecule has 0 radical (unpaired) electrons. The van der Waals surface area contributed by atoms with Crippen LogP contribution in [-0.4, -0.2) is 42.0 Å². The molecule has 0 spiro atoms. The summed E-state index contributed by atoms with van der Waals surface area (Å²) in [4.78, 5) is 15.1. The largest absolute Gasteiger partial charge is 0.373 e. The second-order valence-corrected chi connectivity index (χ2v) is 6.62. The maximum Gasteiger partial charge on any atom is 0.243 e. The van der Waals surface area contributed by atoms with Crippen LogP contribution in [-0.2, 0) is 11.2 Å². The van der Waals surface area contributed by atoms with Crippen LogP contribution < -0.4 is 10.6 Å². The molecule has 3 atom stereocenters. The molecule has 3 aliphatic heterocycles. The van der Waals surface area contributed by atoms with Gasteiger partial charge in [0.2, 0.25) is 5.91 Å². The SMILES string of the molecule is O=C(NC1CCN2CCCC2C1)C1Cc2ccccc2N1. The number of carbonyl (C=O) groups excluding carboxylic acids is 1. The van der Waals surface area contributed by atoms with Crippen molar-refractivity contribution in [2.75, 3.05) is 18.4 Å². The number of amides is 1. The van der Waals surface area contributed by atoms with Gasteiger partial charge in [0, 0.05) is 30.7 Å². The van der Waals surface area contributed by atoms with Crippen molar-refractivity contribution in [3.63, 3.8) is 0 Å². The molecule has 0 aromatic heterocycles. The number of anilines is 1. The van der Waals surface area contributed by atoms with E-state index in [1.165, 1.54) is 24.9 Å². The summed E-state index contributed by atoms with van der Waals surface area (Å²) in [7, 11) is 0. The average molecular weight is 285 g/mol. The Hall–Kier alpha value is -1.55. The molecule has 4 heteroatoms. The van der Waals surface area contributed by atoms with Crippen LogP contribution in [0.1, 0.15) is 31.2 Å². The Kier molecular flexibility index (Phi) is 3.34. The number of carbonyl (C=O) groups is 1. The lowest BCUT2D eigenvalue weighted by Crippen LogP contribution is -2.50. The molecular formula is C17H23N3O. The zero-order chi connectivity index (χ0) is 14.2. The van der Waals surface area contributed by atoms with Crippen molar-refractivity contribution in [3.8, 4) is 0 Å². The fourth-order valence-corrected chi connectivity index (χ4v) is 4.11. The third-order valence-electron chi connectivity index (χ3n) is 5.25. The first kappa shape index (κ1) is 13.1. The maximum atomic E-state index is 12.5. The van der Waals surface area contributed by atoms with Gasteiger partial charge in [0.25, 0.3) is 0 Å². The van der Waals surface area contributed by atoms with Gasteiger partial charge in [-0.25, -0.2) is 0 Å². The Labute approximate surface area is 125 Å². The lowest BCUT2D eigenvalue weighted by atomic mass is 9.97. The van der Waals surface area contributed by atoms with Gasteiger partial charge in [-0.1, -0.05) is 18.2 Å². The van der Waals surface area contributed by atoms with Crippen LogP contribution in [0.3, 0.4) is 0 Å². The Bertz CT molecular complexity index is 520. The highest BCUT2D eigenvalue weighted by Crippen LogP contribution is 2.28. The van der Waals surface area contributed by atoms with Gasteiger partial charge in [0.05, 0.1) is 0 Å². The van der Waals surface area contributed by atoms with Crippen LogP contribution in [0, 0.1) is 0 Å². The minimum Gasteiger partial charge on any atom is -0.373 e. The molecule has 3 heterocycles. The van der Waals surface area contributed by atoms with E-state index in [1.54, 1.807) is 0 Å². The molecular weight excluding hydrogens is 262 g/mol. The summed E-state index contributed by atoms with van der Waals surface area (Å²) in [6.45, 7) is 2.40. The molecule has 1 amide bonds. The monoisotopic (exact) mass is 285 g/mol. The molecule has 0 aliphatic carbocycles. The van der Waals surface area contributed by atoms with Gasteiger partial charge in [-0.05, 0) is 43.9 Å². The molecule has 3 aliphatic rings. The van der Waals surface area contributed by atoms with Crippen LogP contribution in [0.5, 0.6) is 0 Å². The summed E-state index contributed by atoms with van der Waals surface area (Å²) < 4.78 is 0. The van der Waals surface area contributed by atoms with Gasteiger partial charge in [0.1, 0.15) is 6.04 Å². The number of hydrogen-bond acceptors (Lipinski definition) is 3. The summed E-state index contributed by atoms with van der Waals surface area (Å²) in [6, 6.07) is 9.19. The highest BCUT2D eigenvalue weighted by atomic mass is 16.2. The van der Waals surface area contributed by atoms with Crippen LogP contribution >= 0.6 is 0 Å². The molecule has 1 aromatic carbocycles. The van der Waals surface area contributed by atoms with Crippen LogP contribution in [0.25, 0.3) is 0 Å². The zero-order valence-electron chi connectivity index (χ0n) is 12.3. The van der Waals surface area contributed by atoms with Crippen molar-refractivity contribution in [1.29, 1.82) is 0 Å². The summed E-state index contributed by atoms with van der Waals surface area (Å²) in [5.41, 5.74) is 2.37. The second kappa shape index (κ2) is 5.34. The number of nitrogens with zero attached hydrogens (tertiary/aromatic N) is 1. The Morgan fingerprint density at radius 2 is 2.14 bits per heavy atom. The first-order chi connectivity index (χ1) is 10.3. The molecule has 0 saturated carbocycles. The number of rotatable bonds is 2. The lowest BCUT2D eigenvalue weighted by molar-refractivity contribution is -0.122. The van der Waals surface area contributed by atoms with Crippen molar-refractivity contribution >= 4 is 11.6 Å². The molecule has 21 heavy (non-hydrogen) atoms. The van der Waals surface area contributed by atoms with E-state index >= 15 is 0 Å². The lowest BCUT2D eigenvalue weighted by Gasteiger charge is -2.35. The van der Waals surface area contributed by atoms with Gasteiger partial charge < -0.3 is 15.5 Å². The van der Waals surface area contributed by atoms with E-state index in [-0.39, 0.29) is 11.9 Å². The topological polar surface area (TPSA) is 44.4 Å². The number of benzene rings is 1. The molecule has 3 unspecified atom stereocenters. The summed E-state index contributed by atoms with van der Waals surface area (Å²) in [6.07, 6.45) is 5.67. The molecule has 112 valence electrons. The van der Waals surface area contributed by atoms with E-state index in [0.29, 0.717) is 12.1 Å². The minimum atomic E-state index is -0.0935. The van der Waals surface area contributed by atoms with E-state index in [2.05, 4.69) is 27.7 Å². The Balaban J connectivity index is 1.35. The summed E-state index contributed by atoms with van der Waals surface area (Å²) in [5.74, 6) is 0.169. The summed E-state index contributed by atoms with van der Waals surface area (Å²) >= 11 is 0. The molecule has 2 saturated heterocycles. The van der Waals surface area contributed by atoms with Crippen molar-refractivity contribution in [2.24, 2.45) is 0 Å². The molecule has 1 aromatic rings. The smallest absolute Gasteiger partial charge is 0.243 e. The molecule has 4 nitrogen and oxygen atoms in total. The van der Waals surface area contributed by atoms with E-state index in [4.69, 9.17) is 0 Å². The van der Waals surface area contributed by atoms with Crippen molar-refractivity contribution < 1.29 is 4.79 Å². The molecule has 4 rings (SSSR count). The fourth-order valence-electron chi connectivity index (χ4n) is 4.11. The number of nitrogens with one attached hydrogen (secondary N) is 2. The normalized spacial score (nSPS) is 31.3. The zero-order valence-corrected chi connectivity index (χ0v) is 12.3. The minimum absolute atomic E-state index is 0.0935. The third-order valence-corrected chi connectivity index (χ3v) is 5.25. The van der Waals surface area contributed by atoms with Gasteiger partial charge in [0.15, 0.2) is 0 Å². The van der Waals surface area contributed by atoms with Crippen molar-refractivity contribution in [2.45, 2.75) is 50.2 Å². The van der Waals surface area contributed by atoms with Gasteiger partial charge in [-0.3, -0.25) is 4.79 Å². The quantitative estimate of drug-likeness (QED) is 0.870. The van der Waals surface area contributed by atoms with Crippen molar-refractivity contribution in [1.82, 2.24) is 10.2 Å². The number of para-hydroxylation sites is 1. The predicted octanol–water partition coefficient (Wildman–Crippen LogP) is 1.77. The maximum absolute atomic E-state index is 12.5. The van der Waals surface area contributed by atoms with E-state index in [1.807, 2.05) is 12.1 Å². The summed E-state index contributed by atoms with van der Waals surface area (Å²) in [5, 5.41) is 6.63. The predicted molar refractivity (Wildman–Crippen MR) is 83.3 cm³/mol. The number of fused-ring (bicyclic) bond motifs is 2. The molecule has 2 N–H and O–H groups in total. The average Bonchev–Trinajstić information content (AvgIpc) is 3.13. The van der Waals surface area contributed by atoms with E-state index in [0.717, 1.165) is 31.5 Å². The van der Waals surface area contributed by atoms with E-state index in [9.17, 15) is 4.79 Å². The van der Waals surface area contributed by atoms with Crippen LogP contribution in [0.15, 0.2) is 24.3 Å². The standard InChI is InChI=1S/C17H23N3O/c21-17(16-10-12-4-1-2-6-15(12)19-16)18-13-7-9-20-8-3-5-14(20)11-13/h1-2,4,6,13-14,16,19H,3,5,7-11H2,(H,18,21). The number of hydrogen-bond donors (Lipinski definition) is 2. The highest BCUT2D eigenvalue weighted by Gasteiger charge is 2.34. The van der Waals surface area contributed by atoms with Crippen molar-refractivity contribution in [3.05, 3.63) is 29.8 Å². The number of piperidine rings is 1. The first-order valence-corrected chi connectivity index (χ1v) is 8.18. The van der Waals surface area contributed by atoms with Gasteiger partial charge in [-0.15, -0.1) is 0 Å². The second-order valence-electron chi connectivity index (χ2n) is 6.62.